The SMILES string of the molecule is [2H]C([2H])([2H])NC(=O)c1nnc(NC(=O)C2CC2)cc1Nc1nccc(-c2cnn(C(F)F)c2)c1OC. The molecule has 4 rings (SSSR count). The lowest BCUT2D eigenvalue weighted by Crippen LogP contribution is -2.22. The van der Waals surface area contributed by atoms with Crippen molar-refractivity contribution in [3.63, 3.8) is 0 Å². The average Bonchev–Trinajstić information content (AvgIpc) is 3.54. The van der Waals surface area contributed by atoms with Crippen molar-refractivity contribution in [3.8, 4) is 16.9 Å². The van der Waals surface area contributed by atoms with Gasteiger partial charge in [-0.1, -0.05) is 0 Å². The van der Waals surface area contributed by atoms with E-state index in [0.29, 0.717) is 15.8 Å². The molecule has 1 aliphatic rings. The zero-order chi connectivity index (χ0) is 26.0. The van der Waals surface area contributed by atoms with Crippen molar-refractivity contribution in [2.75, 3.05) is 24.7 Å². The molecule has 3 aromatic heterocycles. The second-order valence-corrected chi connectivity index (χ2v) is 7.06. The number of rotatable bonds is 8. The number of carbonyl (C=O) groups excluding carboxylic acids is 2. The predicted octanol–water partition coefficient (Wildman–Crippen LogP) is 2.59. The van der Waals surface area contributed by atoms with Crippen molar-refractivity contribution in [2.45, 2.75) is 19.4 Å². The zero-order valence-electron chi connectivity index (χ0n) is 20.2. The molecular weight excluding hydrogens is 438 g/mol. The molecule has 3 aromatic rings. The number of halogens is 2. The van der Waals surface area contributed by atoms with Gasteiger partial charge in [0.15, 0.2) is 23.1 Å². The third-order valence-corrected chi connectivity index (χ3v) is 4.80. The number of anilines is 3. The molecule has 11 nitrogen and oxygen atoms in total. The van der Waals surface area contributed by atoms with Crippen LogP contribution in [0.15, 0.2) is 30.7 Å². The van der Waals surface area contributed by atoms with Gasteiger partial charge in [-0.25, -0.2) is 9.67 Å². The number of alkyl halides is 2. The maximum absolute atomic E-state index is 13.0. The van der Waals surface area contributed by atoms with E-state index in [2.05, 4.69) is 30.9 Å². The number of ether oxygens (including phenoxy) is 1. The Bertz CT molecular complexity index is 1300. The molecule has 172 valence electrons. The number of methoxy groups -OCH3 is 1. The van der Waals surface area contributed by atoms with Gasteiger partial charge in [-0.05, 0) is 18.9 Å². The van der Waals surface area contributed by atoms with Gasteiger partial charge in [0.25, 0.3) is 5.91 Å². The third-order valence-electron chi connectivity index (χ3n) is 4.80. The zero-order valence-corrected chi connectivity index (χ0v) is 17.2. The molecule has 2 amide bonds. The van der Waals surface area contributed by atoms with Gasteiger partial charge >= 0.3 is 6.55 Å². The molecule has 0 bridgehead atoms. The quantitative estimate of drug-likeness (QED) is 0.466. The van der Waals surface area contributed by atoms with Crippen LogP contribution in [-0.2, 0) is 4.79 Å². The van der Waals surface area contributed by atoms with Crippen LogP contribution in [0.1, 0.15) is 34.0 Å². The molecule has 33 heavy (non-hydrogen) atoms. The highest BCUT2D eigenvalue weighted by atomic mass is 19.3. The summed E-state index contributed by atoms with van der Waals surface area (Å²) in [6, 6.07) is 2.81. The highest BCUT2D eigenvalue weighted by Crippen LogP contribution is 2.37. The minimum atomic E-state index is -2.84. The molecule has 3 N–H and O–H groups in total. The highest BCUT2D eigenvalue weighted by molar-refractivity contribution is 5.99. The molecule has 0 atom stereocenters. The fraction of sp³-hybridized carbons (Fsp3) is 0.300. The van der Waals surface area contributed by atoms with Crippen LogP contribution in [0, 0.1) is 5.92 Å². The van der Waals surface area contributed by atoms with Gasteiger partial charge in [-0.15, -0.1) is 10.2 Å². The van der Waals surface area contributed by atoms with Gasteiger partial charge in [-0.2, -0.15) is 13.9 Å². The molecule has 0 radical (unpaired) electrons. The first-order valence-corrected chi connectivity index (χ1v) is 9.69. The lowest BCUT2D eigenvalue weighted by Gasteiger charge is -2.15. The predicted molar refractivity (Wildman–Crippen MR) is 113 cm³/mol. The molecule has 1 aliphatic carbocycles. The van der Waals surface area contributed by atoms with Crippen molar-refractivity contribution in [1.82, 2.24) is 30.3 Å². The molecule has 0 unspecified atom stereocenters. The van der Waals surface area contributed by atoms with E-state index in [1.807, 2.05) is 5.32 Å². The van der Waals surface area contributed by atoms with Gasteiger partial charge in [0.1, 0.15) is 0 Å². The summed E-state index contributed by atoms with van der Waals surface area (Å²) in [6.45, 7) is -5.63. The molecule has 0 aliphatic heterocycles. The second kappa shape index (κ2) is 9.14. The molecule has 0 aromatic carbocycles. The van der Waals surface area contributed by atoms with Crippen LogP contribution < -0.4 is 20.7 Å². The molecule has 13 heteroatoms. The Balaban J connectivity index is 1.72. The summed E-state index contributed by atoms with van der Waals surface area (Å²) in [4.78, 5) is 28.9. The number of nitrogens with one attached hydrogen (secondary N) is 3. The largest absolute Gasteiger partial charge is 0.492 e. The van der Waals surface area contributed by atoms with Gasteiger partial charge < -0.3 is 20.7 Å². The van der Waals surface area contributed by atoms with Crippen molar-refractivity contribution in [1.29, 1.82) is 0 Å². The molecule has 3 heterocycles. The van der Waals surface area contributed by atoms with E-state index in [-0.39, 0.29) is 34.9 Å². The lowest BCUT2D eigenvalue weighted by molar-refractivity contribution is -0.117. The number of nitrogens with zero attached hydrogens (tertiary/aromatic N) is 5. The van der Waals surface area contributed by atoms with Gasteiger partial charge in [-0.3, -0.25) is 9.59 Å². The van der Waals surface area contributed by atoms with E-state index in [1.165, 1.54) is 31.6 Å². The van der Waals surface area contributed by atoms with Crippen molar-refractivity contribution in [2.24, 2.45) is 5.92 Å². The van der Waals surface area contributed by atoms with Gasteiger partial charge in [0.2, 0.25) is 5.91 Å². The van der Waals surface area contributed by atoms with Crippen LogP contribution >= 0.6 is 0 Å². The van der Waals surface area contributed by atoms with Gasteiger partial charge in [0.05, 0.1) is 19.0 Å². The summed E-state index contributed by atoms with van der Waals surface area (Å²) < 4.78 is 53.8. The Kier molecular flexibility index (Phi) is 5.10. The maximum Gasteiger partial charge on any atom is 0.333 e. The smallest absolute Gasteiger partial charge is 0.333 e. The summed E-state index contributed by atoms with van der Waals surface area (Å²) in [5.41, 5.74) is 0.238. The Morgan fingerprint density at radius 1 is 1.33 bits per heavy atom. The Morgan fingerprint density at radius 3 is 2.82 bits per heavy atom. The van der Waals surface area contributed by atoms with Crippen molar-refractivity contribution >= 4 is 29.1 Å². The van der Waals surface area contributed by atoms with Crippen LogP contribution in [0.2, 0.25) is 0 Å². The maximum atomic E-state index is 13.0. The Morgan fingerprint density at radius 2 is 2.15 bits per heavy atom. The summed E-state index contributed by atoms with van der Waals surface area (Å²) >= 11 is 0. The fourth-order valence-electron chi connectivity index (χ4n) is 3.03. The van der Waals surface area contributed by atoms with Crippen LogP contribution in [0.4, 0.5) is 26.1 Å². The number of amides is 2. The summed E-state index contributed by atoms with van der Waals surface area (Å²) in [6.07, 6.45) is 5.22. The summed E-state index contributed by atoms with van der Waals surface area (Å²) in [5.74, 6) is -1.26. The van der Waals surface area contributed by atoms with E-state index in [1.54, 1.807) is 0 Å². The fourth-order valence-corrected chi connectivity index (χ4v) is 3.03. The first-order valence-electron chi connectivity index (χ1n) is 11.2. The minimum Gasteiger partial charge on any atom is -0.492 e. The number of hydrogen-bond donors (Lipinski definition) is 3. The number of hydrogen-bond acceptors (Lipinski definition) is 8. The summed E-state index contributed by atoms with van der Waals surface area (Å²) in [5, 5.41) is 18.5. The minimum absolute atomic E-state index is 0.0214. The van der Waals surface area contributed by atoms with E-state index in [4.69, 9.17) is 8.85 Å². The number of pyridine rings is 1. The first kappa shape index (κ1) is 18.4. The normalized spacial score (nSPS) is 14.7. The van der Waals surface area contributed by atoms with Crippen molar-refractivity contribution < 1.29 is 27.2 Å². The standard InChI is InChI=1S/C20H20F2N8O3/c1-23-19(32)15-13(7-14(28-29-15)27-18(31)10-3-4-10)26-17-16(33-2)12(5-6-24-17)11-8-25-30(9-11)20(21)22/h5-10,20H,3-4H2,1-2H3,(H,23,32)(H2,24,26,27,28,31)/i1D3. The van der Waals surface area contributed by atoms with E-state index >= 15 is 0 Å². The molecular formula is C20H20F2N8O3. The molecule has 0 saturated heterocycles. The molecule has 0 spiro atoms. The average molecular weight is 461 g/mol. The lowest BCUT2D eigenvalue weighted by atomic mass is 10.1. The summed E-state index contributed by atoms with van der Waals surface area (Å²) in [7, 11) is 1.33. The topological polar surface area (TPSA) is 136 Å². The molecule has 1 fully saturated rings. The first-order chi connectivity index (χ1) is 17.1. The van der Waals surface area contributed by atoms with Crippen LogP contribution in [0.3, 0.4) is 0 Å². The van der Waals surface area contributed by atoms with E-state index in [0.717, 1.165) is 19.0 Å². The monoisotopic (exact) mass is 461 g/mol. The Hall–Kier alpha value is -4.16. The van der Waals surface area contributed by atoms with Gasteiger partial charge in [0, 0.05) is 46.6 Å². The van der Waals surface area contributed by atoms with Crippen molar-refractivity contribution in [3.05, 3.63) is 36.4 Å². The number of carbonyl (C=O) groups is 2. The third kappa shape index (κ3) is 4.71. The number of aromatic nitrogens is 5. The Labute approximate surface area is 190 Å². The van der Waals surface area contributed by atoms with E-state index in [9.17, 15) is 18.4 Å². The second-order valence-electron chi connectivity index (χ2n) is 7.06. The highest BCUT2D eigenvalue weighted by Gasteiger charge is 2.30. The van der Waals surface area contributed by atoms with E-state index < -0.39 is 25.1 Å². The van der Waals surface area contributed by atoms with Crippen LogP contribution in [0.5, 0.6) is 5.75 Å². The van der Waals surface area contributed by atoms with Crippen LogP contribution in [0.25, 0.3) is 11.1 Å². The molecule has 1 saturated carbocycles. The van der Waals surface area contributed by atoms with Crippen LogP contribution in [-0.4, -0.2) is 50.9 Å².